The summed E-state index contributed by atoms with van der Waals surface area (Å²) in [5.41, 5.74) is 0.243. The molecule has 21 heavy (non-hydrogen) atoms. The number of hydrogen-bond acceptors (Lipinski definition) is 3. The van der Waals surface area contributed by atoms with Gasteiger partial charge in [-0.15, -0.1) is 0 Å². The number of nitrogens with one attached hydrogen (secondary N) is 2. The topological polar surface area (TPSA) is 78.4 Å². The highest BCUT2D eigenvalue weighted by atomic mass is 19.1. The van der Waals surface area contributed by atoms with Crippen LogP contribution in [0.2, 0.25) is 0 Å². The molecule has 0 aliphatic carbocycles. The SMILES string of the molecule is Cc1ccc(NC(=O)C(=O)NCC(O)C(C)(C)C)c(F)c1. The predicted molar refractivity (Wildman–Crippen MR) is 78.2 cm³/mol. The van der Waals surface area contributed by atoms with Gasteiger partial charge < -0.3 is 15.7 Å². The van der Waals surface area contributed by atoms with Gasteiger partial charge in [-0.25, -0.2) is 4.39 Å². The standard InChI is InChI=1S/C15H21FN2O3/c1-9-5-6-11(10(16)7-9)18-14(21)13(20)17-8-12(19)15(2,3)4/h5-7,12,19H,8H2,1-4H3,(H,17,20)(H,18,21). The average molecular weight is 296 g/mol. The van der Waals surface area contributed by atoms with Crippen LogP contribution >= 0.6 is 0 Å². The van der Waals surface area contributed by atoms with Gasteiger partial charge in [-0.2, -0.15) is 0 Å². The van der Waals surface area contributed by atoms with E-state index in [4.69, 9.17) is 0 Å². The van der Waals surface area contributed by atoms with Crippen LogP contribution in [0, 0.1) is 18.2 Å². The molecule has 116 valence electrons. The summed E-state index contributed by atoms with van der Waals surface area (Å²) in [5, 5.41) is 14.3. The molecule has 0 aliphatic rings. The fourth-order valence-electron chi connectivity index (χ4n) is 1.48. The third-order valence-corrected chi connectivity index (χ3v) is 3.03. The van der Waals surface area contributed by atoms with Crippen molar-refractivity contribution in [2.75, 3.05) is 11.9 Å². The Morgan fingerprint density at radius 3 is 2.43 bits per heavy atom. The first kappa shape index (κ1) is 17.1. The summed E-state index contributed by atoms with van der Waals surface area (Å²) in [6.07, 6.45) is -0.787. The van der Waals surface area contributed by atoms with Gasteiger partial charge in [-0.3, -0.25) is 9.59 Å². The number of aryl methyl sites for hydroxylation is 1. The molecule has 3 N–H and O–H groups in total. The molecule has 5 nitrogen and oxygen atoms in total. The van der Waals surface area contributed by atoms with Crippen molar-refractivity contribution in [2.24, 2.45) is 5.41 Å². The van der Waals surface area contributed by atoms with Gasteiger partial charge in [0, 0.05) is 6.54 Å². The zero-order valence-corrected chi connectivity index (χ0v) is 12.7. The Morgan fingerprint density at radius 2 is 1.90 bits per heavy atom. The molecule has 6 heteroatoms. The van der Waals surface area contributed by atoms with E-state index in [2.05, 4.69) is 10.6 Å². The van der Waals surface area contributed by atoms with Crippen molar-refractivity contribution in [1.82, 2.24) is 5.32 Å². The second-order valence-corrected chi connectivity index (χ2v) is 6.03. The van der Waals surface area contributed by atoms with E-state index in [1.54, 1.807) is 13.0 Å². The maximum Gasteiger partial charge on any atom is 0.313 e. The van der Waals surface area contributed by atoms with E-state index in [1.807, 2.05) is 20.8 Å². The van der Waals surface area contributed by atoms with E-state index in [9.17, 15) is 19.1 Å². The lowest BCUT2D eigenvalue weighted by atomic mass is 9.89. The van der Waals surface area contributed by atoms with Crippen molar-refractivity contribution < 1.29 is 19.1 Å². The molecule has 0 radical (unpaired) electrons. The van der Waals surface area contributed by atoms with Gasteiger partial charge in [0.1, 0.15) is 5.82 Å². The van der Waals surface area contributed by atoms with E-state index >= 15 is 0 Å². The number of aliphatic hydroxyl groups excluding tert-OH is 1. The number of carbonyl (C=O) groups is 2. The summed E-state index contributed by atoms with van der Waals surface area (Å²) in [5.74, 6) is -2.50. The largest absolute Gasteiger partial charge is 0.391 e. The molecule has 1 aromatic carbocycles. The zero-order chi connectivity index (χ0) is 16.2. The minimum absolute atomic E-state index is 0.0495. The number of hydrogen-bond donors (Lipinski definition) is 3. The van der Waals surface area contributed by atoms with Gasteiger partial charge in [-0.05, 0) is 30.0 Å². The molecule has 2 amide bonds. The molecule has 0 aliphatic heterocycles. The molecular weight excluding hydrogens is 275 g/mol. The normalized spacial score (nSPS) is 12.7. The third-order valence-electron chi connectivity index (χ3n) is 3.03. The number of benzene rings is 1. The number of rotatable bonds is 3. The van der Waals surface area contributed by atoms with Crippen LogP contribution in [0.25, 0.3) is 0 Å². The van der Waals surface area contributed by atoms with Gasteiger partial charge in [0.05, 0.1) is 11.8 Å². The van der Waals surface area contributed by atoms with Gasteiger partial charge in [-0.1, -0.05) is 26.8 Å². The Morgan fingerprint density at radius 1 is 1.29 bits per heavy atom. The van der Waals surface area contributed by atoms with Gasteiger partial charge in [0.15, 0.2) is 0 Å². The Balaban J connectivity index is 2.57. The summed E-state index contributed by atoms with van der Waals surface area (Å²) >= 11 is 0. The molecule has 0 heterocycles. The minimum Gasteiger partial charge on any atom is -0.391 e. The summed E-state index contributed by atoms with van der Waals surface area (Å²) in [6, 6.07) is 4.27. The first-order chi connectivity index (χ1) is 9.61. The molecule has 0 spiro atoms. The molecule has 1 atom stereocenters. The lowest BCUT2D eigenvalue weighted by molar-refractivity contribution is -0.136. The Kier molecular flexibility index (Phi) is 5.43. The Labute approximate surface area is 123 Å². The predicted octanol–water partition coefficient (Wildman–Crippen LogP) is 1.60. The number of halogens is 1. The zero-order valence-electron chi connectivity index (χ0n) is 12.7. The maximum atomic E-state index is 13.6. The summed E-state index contributed by atoms with van der Waals surface area (Å²) in [4.78, 5) is 23.2. The third kappa shape index (κ3) is 5.15. The van der Waals surface area contributed by atoms with Crippen molar-refractivity contribution in [3.8, 4) is 0 Å². The monoisotopic (exact) mass is 296 g/mol. The second kappa shape index (κ2) is 6.67. The van der Waals surface area contributed by atoms with Crippen LogP contribution in [-0.2, 0) is 9.59 Å². The summed E-state index contributed by atoms with van der Waals surface area (Å²) in [7, 11) is 0. The van der Waals surface area contributed by atoms with E-state index in [0.717, 1.165) is 0 Å². The highest BCUT2D eigenvalue weighted by Crippen LogP contribution is 2.18. The molecule has 0 saturated carbocycles. The highest BCUT2D eigenvalue weighted by Gasteiger charge is 2.24. The van der Waals surface area contributed by atoms with Crippen molar-refractivity contribution >= 4 is 17.5 Å². The summed E-state index contributed by atoms with van der Waals surface area (Å²) in [6.45, 7) is 7.10. The van der Waals surface area contributed by atoms with Crippen molar-refractivity contribution in [3.05, 3.63) is 29.6 Å². The molecule has 0 saturated heterocycles. The van der Waals surface area contributed by atoms with E-state index in [1.165, 1.54) is 12.1 Å². The molecule has 0 fully saturated rings. The first-order valence-corrected chi connectivity index (χ1v) is 6.64. The van der Waals surface area contributed by atoms with Crippen LogP contribution in [0.1, 0.15) is 26.3 Å². The Bertz CT molecular complexity index is 538. The minimum atomic E-state index is -0.973. The van der Waals surface area contributed by atoms with Crippen LogP contribution in [0.5, 0.6) is 0 Å². The lowest BCUT2D eigenvalue weighted by Gasteiger charge is -2.25. The quantitative estimate of drug-likeness (QED) is 0.741. The van der Waals surface area contributed by atoms with E-state index < -0.39 is 29.2 Å². The first-order valence-electron chi connectivity index (χ1n) is 6.64. The molecule has 0 bridgehead atoms. The maximum absolute atomic E-state index is 13.6. The molecule has 0 aromatic heterocycles. The number of carbonyl (C=O) groups excluding carboxylic acids is 2. The number of anilines is 1. The van der Waals surface area contributed by atoms with Crippen LogP contribution < -0.4 is 10.6 Å². The van der Waals surface area contributed by atoms with Crippen LogP contribution in [0.4, 0.5) is 10.1 Å². The Hall–Kier alpha value is -1.95. The van der Waals surface area contributed by atoms with E-state index in [0.29, 0.717) is 5.56 Å². The fourth-order valence-corrected chi connectivity index (χ4v) is 1.48. The molecule has 1 rings (SSSR count). The van der Waals surface area contributed by atoms with Crippen molar-refractivity contribution in [3.63, 3.8) is 0 Å². The van der Waals surface area contributed by atoms with Crippen molar-refractivity contribution in [1.29, 1.82) is 0 Å². The molecule has 1 unspecified atom stereocenters. The van der Waals surface area contributed by atoms with E-state index in [-0.39, 0.29) is 12.2 Å². The number of aliphatic hydroxyl groups is 1. The van der Waals surface area contributed by atoms with Gasteiger partial charge in [0.2, 0.25) is 0 Å². The summed E-state index contributed by atoms with van der Waals surface area (Å²) < 4.78 is 13.6. The average Bonchev–Trinajstić information content (AvgIpc) is 2.37. The smallest absolute Gasteiger partial charge is 0.313 e. The lowest BCUT2D eigenvalue weighted by Crippen LogP contribution is -2.43. The van der Waals surface area contributed by atoms with Gasteiger partial charge >= 0.3 is 11.8 Å². The molecular formula is C15H21FN2O3. The van der Waals surface area contributed by atoms with Gasteiger partial charge in [0.25, 0.3) is 0 Å². The fraction of sp³-hybridized carbons (Fsp3) is 0.467. The van der Waals surface area contributed by atoms with Crippen LogP contribution in [0.3, 0.4) is 0 Å². The highest BCUT2D eigenvalue weighted by molar-refractivity contribution is 6.39. The van der Waals surface area contributed by atoms with Crippen molar-refractivity contribution in [2.45, 2.75) is 33.8 Å². The second-order valence-electron chi connectivity index (χ2n) is 6.03. The van der Waals surface area contributed by atoms with Crippen LogP contribution in [0.15, 0.2) is 18.2 Å². The van der Waals surface area contributed by atoms with Crippen LogP contribution in [-0.4, -0.2) is 29.6 Å². The number of amides is 2. The molecule has 1 aromatic rings.